The molecule has 0 saturated carbocycles. The Morgan fingerprint density at radius 2 is 1.80 bits per heavy atom. The van der Waals surface area contributed by atoms with Gasteiger partial charge in [-0.3, -0.25) is 9.69 Å². The first kappa shape index (κ1) is 30.7. The summed E-state index contributed by atoms with van der Waals surface area (Å²) in [5, 5.41) is 5.60. The Morgan fingerprint density at radius 3 is 2.61 bits per heavy atom. The quantitative estimate of drug-likeness (QED) is 0.243. The highest BCUT2D eigenvalue weighted by molar-refractivity contribution is 5.99. The monoisotopic (exact) mass is 660 g/mol. The maximum absolute atomic E-state index is 13.5. The van der Waals surface area contributed by atoms with Crippen molar-refractivity contribution < 1.29 is 13.9 Å². The fourth-order valence-electron chi connectivity index (χ4n) is 6.66. The van der Waals surface area contributed by atoms with Crippen LogP contribution in [-0.2, 0) is 24.2 Å². The summed E-state index contributed by atoms with van der Waals surface area (Å²) in [5.41, 5.74) is 19.3. The highest BCUT2D eigenvalue weighted by Crippen LogP contribution is 2.33. The number of piperazine rings is 1. The summed E-state index contributed by atoms with van der Waals surface area (Å²) in [7, 11) is 1.72. The Morgan fingerprint density at radius 1 is 0.959 bits per heavy atom. The minimum Gasteiger partial charge on any atom is -0.424 e. The first-order valence-corrected chi connectivity index (χ1v) is 16.2. The van der Waals surface area contributed by atoms with Crippen LogP contribution in [0.3, 0.4) is 0 Å². The lowest BCUT2D eigenvalue weighted by Gasteiger charge is -2.34. The van der Waals surface area contributed by atoms with Gasteiger partial charge >= 0.3 is 0 Å². The summed E-state index contributed by atoms with van der Waals surface area (Å²) in [6.07, 6.45) is 5.49. The zero-order chi connectivity index (χ0) is 33.5. The molecule has 1 fully saturated rings. The van der Waals surface area contributed by atoms with Gasteiger partial charge in [0.2, 0.25) is 5.95 Å². The molecule has 15 heteroatoms. The molecule has 15 nitrogen and oxygen atoms in total. The number of hydrogen-bond donors (Lipinski definition) is 2. The van der Waals surface area contributed by atoms with Crippen molar-refractivity contribution in [2.75, 3.05) is 69.4 Å². The first-order valence-electron chi connectivity index (χ1n) is 16.2. The number of fused-ring (bicyclic) bond motifs is 3. The number of amides is 1. The van der Waals surface area contributed by atoms with Crippen molar-refractivity contribution >= 4 is 45.8 Å². The van der Waals surface area contributed by atoms with E-state index in [9.17, 15) is 4.79 Å². The molecule has 6 heterocycles. The minimum absolute atomic E-state index is 0.0648. The molecule has 2 aromatic carbocycles. The number of oxazole rings is 1. The molecule has 4 N–H and O–H groups in total. The van der Waals surface area contributed by atoms with Gasteiger partial charge in [0, 0.05) is 70.9 Å². The van der Waals surface area contributed by atoms with Crippen LogP contribution in [0.15, 0.2) is 59.5 Å². The number of nitrogens with zero attached hydrogens (tertiary/aromatic N) is 10. The number of aromatic nitrogens is 7. The smallest absolute Gasteiger partial charge is 0.292 e. The number of carbonyl (C=O) groups excluding carboxylic acids is 1. The molecule has 2 aliphatic rings. The summed E-state index contributed by atoms with van der Waals surface area (Å²) < 4.78 is 12.5. The summed E-state index contributed by atoms with van der Waals surface area (Å²) >= 11 is 0. The number of benzene rings is 2. The number of nitrogens with two attached hydrogens (primary N) is 2. The standard InChI is InChI=1S/C34H36N12O3/c1-48-13-12-43-8-10-44(11-9-43)34-37-16-25(17-38-34)32(47)45-7-6-22-14-21(2-3-24(22)19-45)18-46-31-28(30(35)39-20-40-31)29(42-46)23-4-5-27-26(15-23)41-33(36)49-27/h2-5,14-17,20H,6-13,18-19H2,1H3,(H2,36,41)(H2,35,39,40). The second kappa shape index (κ2) is 12.7. The van der Waals surface area contributed by atoms with Crippen LogP contribution in [0.4, 0.5) is 17.8 Å². The highest BCUT2D eigenvalue weighted by atomic mass is 16.5. The van der Waals surface area contributed by atoms with Crippen LogP contribution in [0.25, 0.3) is 33.4 Å². The van der Waals surface area contributed by atoms with Gasteiger partial charge in [0.05, 0.1) is 24.1 Å². The van der Waals surface area contributed by atoms with Gasteiger partial charge in [-0.1, -0.05) is 18.2 Å². The first-order chi connectivity index (χ1) is 23.9. The third kappa shape index (κ3) is 5.98. The molecular formula is C34H36N12O3. The summed E-state index contributed by atoms with van der Waals surface area (Å²) in [4.78, 5) is 42.0. The summed E-state index contributed by atoms with van der Waals surface area (Å²) in [6, 6.07) is 12.0. The van der Waals surface area contributed by atoms with Gasteiger partial charge in [-0.25, -0.2) is 24.6 Å². The largest absolute Gasteiger partial charge is 0.424 e. The molecule has 4 aromatic heterocycles. The number of methoxy groups -OCH3 is 1. The molecule has 0 bridgehead atoms. The average Bonchev–Trinajstić information content (AvgIpc) is 3.70. The van der Waals surface area contributed by atoms with Crippen LogP contribution in [0, 0.1) is 0 Å². The molecule has 0 spiro atoms. The zero-order valence-corrected chi connectivity index (χ0v) is 27.1. The van der Waals surface area contributed by atoms with E-state index in [0.717, 1.165) is 62.4 Å². The SMILES string of the molecule is COCCN1CCN(c2ncc(C(=O)N3CCc4cc(Cn5nc(-c6ccc7oc(N)nc7c6)c6c(N)ncnc65)ccc4C3)cn2)CC1. The second-order valence-electron chi connectivity index (χ2n) is 12.4. The molecule has 0 radical (unpaired) electrons. The van der Waals surface area contributed by atoms with Crippen LogP contribution < -0.4 is 16.4 Å². The summed E-state index contributed by atoms with van der Waals surface area (Å²) in [6.45, 7) is 6.81. The molecule has 8 rings (SSSR count). The lowest BCUT2D eigenvalue weighted by atomic mass is 9.97. The van der Waals surface area contributed by atoms with E-state index in [1.54, 1.807) is 19.5 Å². The predicted molar refractivity (Wildman–Crippen MR) is 184 cm³/mol. The van der Waals surface area contributed by atoms with Crippen LogP contribution in [-0.4, -0.2) is 103 Å². The van der Waals surface area contributed by atoms with Crippen molar-refractivity contribution in [3.63, 3.8) is 0 Å². The van der Waals surface area contributed by atoms with Crippen molar-refractivity contribution in [3.05, 3.63) is 77.4 Å². The van der Waals surface area contributed by atoms with Gasteiger partial charge in [-0.15, -0.1) is 0 Å². The van der Waals surface area contributed by atoms with E-state index in [2.05, 4.69) is 52.9 Å². The van der Waals surface area contributed by atoms with Gasteiger partial charge in [-0.2, -0.15) is 10.1 Å². The van der Waals surface area contributed by atoms with E-state index in [1.807, 2.05) is 27.8 Å². The van der Waals surface area contributed by atoms with E-state index in [1.165, 1.54) is 11.9 Å². The van der Waals surface area contributed by atoms with Gasteiger partial charge in [0.1, 0.15) is 23.4 Å². The lowest BCUT2D eigenvalue weighted by molar-refractivity contribution is 0.0734. The molecule has 0 aliphatic carbocycles. The number of ether oxygens (including phenoxy) is 1. The average molecular weight is 661 g/mol. The van der Waals surface area contributed by atoms with E-state index in [4.69, 9.17) is 25.7 Å². The van der Waals surface area contributed by atoms with E-state index >= 15 is 0 Å². The third-order valence-corrected chi connectivity index (χ3v) is 9.29. The van der Waals surface area contributed by atoms with Crippen molar-refractivity contribution in [2.45, 2.75) is 19.5 Å². The Kier molecular flexibility index (Phi) is 7.97. The fraction of sp³-hybridized carbons (Fsp3) is 0.324. The normalized spacial score (nSPS) is 15.3. The molecular weight excluding hydrogens is 624 g/mol. The molecule has 2 aliphatic heterocycles. The highest BCUT2D eigenvalue weighted by Gasteiger charge is 2.25. The van der Waals surface area contributed by atoms with Crippen LogP contribution in [0.5, 0.6) is 0 Å². The fourth-order valence-corrected chi connectivity index (χ4v) is 6.66. The number of carbonyl (C=O) groups is 1. The zero-order valence-electron chi connectivity index (χ0n) is 27.1. The Labute approximate surface area is 281 Å². The van der Waals surface area contributed by atoms with Crippen molar-refractivity contribution in [3.8, 4) is 11.3 Å². The molecule has 0 unspecified atom stereocenters. The van der Waals surface area contributed by atoms with Crippen LogP contribution in [0.1, 0.15) is 27.0 Å². The second-order valence-corrected chi connectivity index (χ2v) is 12.4. The predicted octanol–water partition coefficient (Wildman–Crippen LogP) is 2.60. The molecule has 1 amide bonds. The van der Waals surface area contributed by atoms with Gasteiger partial charge in [-0.05, 0) is 41.3 Å². The minimum atomic E-state index is -0.0648. The van der Waals surface area contributed by atoms with Crippen molar-refractivity contribution in [1.29, 1.82) is 0 Å². The van der Waals surface area contributed by atoms with E-state index in [0.29, 0.717) is 64.8 Å². The Balaban J connectivity index is 0.959. The summed E-state index contributed by atoms with van der Waals surface area (Å²) in [5.74, 6) is 0.940. The van der Waals surface area contributed by atoms with E-state index in [-0.39, 0.29) is 11.9 Å². The van der Waals surface area contributed by atoms with Gasteiger partial charge in [0.25, 0.3) is 11.9 Å². The van der Waals surface area contributed by atoms with Crippen LogP contribution >= 0.6 is 0 Å². The number of hydrogen-bond acceptors (Lipinski definition) is 13. The van der Waals surface area contributed by atoms with Gasteiger partial charge < -0.3 is 30.4 Å². The number of rotatable bonds is 8. The molecule has 1 saturated heterocycles. The topological polar surface area (TPSA) is 183 Å². The maximum atomic E-state index is 13.5. The number of anilines is 3. The number of nitrogen functional groups attached to an aromatic ring is 2. The van der Waals surface area contributed by atoms with Crippen molar-refractivity contribution in [2.24, 2.45) is 0 Å². The van der Waals surface area contributed by atoms with Gasteiger partial charge in [0.15, 0.2) is 11.2 Å². The molecule has 6 aromatic rings. The Hall–Kier alpha value is -5.67. The molecule has 250 valence electrons. The van der Waals surface area contributed by atoms with Crippen LogP contribution in [0.2, 0.25) is 0 Å². The molecule has 49 heavy (non-hydrogen) atoms. The Bertz CT molecular complexity index is 2150. The third-order valence-electron chi connectivity index (χ3n) is 9.29. The maximum Gasteiger partial charge on any atom is 0.292 e. The van der Waals surface area contributed by atoms with E-state index < -0.39 is 0 Å². The lowest BCUT2D eigenvalue weighted by Crippen LogP contribution is -2.47. The van der Waals surface area contributed by atoms with Crippen molar-refractivity contribution in [1.82, 2.24) is 44.5 Å². The molecule has 0 atom stereocenters.